The Kier molecular flexibility index (Phi) is 3.21. The van der Waals surface area contributed by atoms with Gasteiger partial charge in [0.25, 0.3) is 0 Å². The molecule has 1 aliphatic rings. The van der Waals surface area contributed by atoms with Crippen LogP contribution in [0.25, 0.3) is 0 Å². The molecule has 2 unspecified atom stereocenters. The Morgan fingerprint density at radius 1 is 1.32 bits per heavy atom. The molecule has 0 aromatic heterocycles. The summed E-state index contributed by atoms with van der Waals surface area (Å²) in [5.74, 6) is -3.02. The highest BCUT2D eigenvalue weighted by Gasteiger charge is 2.42. The normalized spacial score (nSPS) is 23.2. The van der Waals surface area contributed by atoms with Crippen molar-refractivity contribution in [2.45, 2.75) is 24.6 Å². The van der Waals surface area contributed by atoms with Gasteiger partial charge in [0.2, 0.25) is 5.91 Å². The van der Waals surface area contributed by atoms with Crippen LogP contribution in [0.1, 0.15) is 23.5 Å². The quantitative estimate of drug-likeness (QED) is 0.862. The number of carbonyl (C=O) groups is 2. The second kappa shape index (κ2) is 4.56. The molecule has 2 atom stereocenters. The molecule has 7 heteroatoms. The molecule has 1 amide bonds. The zero-order valence-electron chi connectivity index (χ0n) is 9.57. The van der Waals surface area contributed by atoms with E-state index in [1.165, 1.54) is 18.2 Å². The molecule has 1 aromatic rings. The van der Waals surface area contributed by atoms with Crippen molar-refractivity contribution in [2.24, 2.45) is 0 Å². The van der Waals surface area contributed by atoms with Crippen molar-refractivity contribution >= 4 is 11.9 Å². The lowest BCUT2D eigenvalue weighted by Crippen LogP contribution is -2.32. The van der Waals surface area contributed by atoms with Crippen LogP contribution in [0.4, 0.5) is 13.2 Å². The predicted molar refractivity (Wildman–Crippen MR) is 58.4 cm³/mol. The van der Waals surface area contributed by atoms with Crippen LogP contribution in [0.3, 0.4) is 0 Å². The third-order valence-corrected chi connectivity index (χ3v) is 3.04. The number of amides is 1. The number of hydrogen-bond acceptors (Lipinski definition) is 2. The van der Waals surface area contributed by atoms with E-state index in [1.54, 1.807) is 0 Å². The zero-order valence-corrected chi connectivity index (χ0v) is 9.57. The summed E-state index contributed by atoms with van der Waals surface area (Å²) in [5.41, 5.74) is -1.09. The van der Waals surface area contributed by atoms with Gasteiger partial charge in [-0.2, -0.15) is 13.2 Å². The Hall–Kier alpha value is -2.05. The molecule has 1 saturated heterocycles. The maximum absolute atomic E-state index is 12.8. The van der Waals surface area contributed by atoms with Crippen LogP contribution in [0.5, 0.6) is 0 Å². The SMILES string of the molecule is O=C(O)C1CC(c2ccccc2C(F)(F)F)C(=O)N1. The Morgan fingerprint density at radius 2 is 1.95 bits per heavy atom. The number of carboxylic acid groups (broad SMARTS) is 1. The number of benzene rings is 1. The molecule has 0 saturated carbocycles. The number of carbonyl (C=O) groups excluding carboxylic acids is 1. The Morgan fingerprint density at radius 3 is 2.47 bits per heavy atom. The number of carboxylic acids is 1. The third kappa shape index (κ3) is 2.54. The van der Waals surface area contributed by atoms with E-state index in [0.29, 0.717) is 0 Å². The van der Waals surface area contributed by atoms with Crippen molar-refractivity contribution in [3.05, 3.63) is 35.4 Å². The number of aliphatic carboxylic acids is 1. The molecule has 1 aliphatic heterocycles. The molecule has 19 heavy (non-hydrogen) atoms. The van der Waals surface area contributed by atoms with Crippen molar-refractivity contribution in [2.75, 3.05) is 0 Å². The summed E-state index contributed by atoms with van der Waals surface area (Å²) in [6.45, 7) is 0. The number of hydrogen-bond donors (Lipinski definition) is 2. The third-order valence-electron chi connectivity index (χ3n) is 3.04. The first-order chi connectivity index (χ1) is 8.80. The van der Waals surface area contributed by atoms with E-state index in [0.717, 1.165) is 6.07 Å². The Bertz CT molecular complexity index is 527. The molecule has 0 bridgehead atoms. The molecule has 1 heterocycles. The second-order valence-corrected chi connectivity index (χ2v) is 4.27. The molecule has 0 aliphatic carbocycles. The molecule has 2 N–H and O–H groups in total. The fourth-order valence-corrected chi connectivity index (χ4v) is 2.16. The second-order valence-electron chi connectivity index (χ2n) is 4.27. The van der Waals surface area contributed by atoms with Gasteiger partial charge in [-0.3, -0.25) is 4.79 Å². The van der Waals surface area contributed by atoms with Gasteiger partial charge in [-0.1, -0.05) is 18.2 Å². The van der Waals surface area contributed by atoms with Gasteiger partial charge in [0, 0.05) is 0 Å². The van der Waals surface area contributed by atoms with Gasteiger partial charge >= 0.3 is 12.1 Å². The van der Waals surface area contributed by atoms with Gasteiger partial charge < -0.3 is 10.4 Å². The van der Waals surface area contributed by atoms with E-state index < -0.39 is 35.6 Å². The molecule has 0 spiro atoms. The molecule has 102 valence electrons. The summed E-state index contributed by atoms with van der Waals surface area (Å²) in [6.07, 6.45) is -4.75. The van der Waals surface area contributed by atoms with Crippen molar-refractivity contribution in [1.82, 2.24) is 5.32 Å². The number of alkyl halides is 3. The fraction of sp³-hybridized carbons (Fsp3) is 0.333. The van der Waals surface area contributed by atoms with Gasteiger partial charge in [0.1, 0.15) is 6.04 Å². The van der Waals surface area contributed by atoms with E-state index >= 15 is 0 Å². The first kappa shape index (κ1) is 13.4. The lowest BCUT2D eigenvalue weighted by molar-refractivity contribution is -0.140. The Balaban J connectivity index is 2.38. The summed E-state index contributed by atoms with van der Waals surface area (Å²) in [7, 11) is 0. The van der Waals surface area contributed by atoms with E-state index in [1.807, 2.05) is 0 Å². The molecular weight excluding hydrogens is 263 g/mol. The van der Waals surface area contributed by atoms with Crippen molar-refractivity contribution < 1.29 is 27.9 Å². The summed E-state index contributed by atoms with van der Waals surface area (Å²) < 4.78 is 38.5. The minimum atomic E-state index is -4.57. The topological polar surface area (TPSA) is 66.4 Å². The molecule has 4 nitrogen and oxygen atoms in total. The minimum absolute atomic E-state index is 0.179. The average Bonchev–Trinajstić information content (AvgIpc) is 2.70. The largest absolute Gasteiger partial charge is 0.480 e. The van der Waals surface area contributed by atoms with Gasteiger partial charge in [0.05, 0.1) is 11.5 Å². The number of rotatable bonds is 2. The first-order valence-electron chi connectivity index (χ1n) is 5.50. The van der Waals surface area contributed by atoms with Crippen LogP contribution in [0.15, 0.2) is 24.3 Å². The van der Waals surface area contributed by atoms with Crippen LogP contribution in [0, 0.1) is 0 Å². The van der Waals surface area contributed by atoms with E-state index in [9.17, 15) is 22.8 Å². The summed E-state index contributed by atoms with van der Waals surface area (Å²) >= 11 is 0. The van der Waals surface area contributed by atoms with Crippen LogP contribution < -0.4 is 5.32 Å². The minimum Gasteiger partial charge on any atom is -0.480 e. The van der Waals surface area contributed by atoms with Gasteiger partial charge in [-0.05, 0) is 18.1 Å². The van der Waals surface area contributed by atoms with Crippen LogP contribution in [-0.4, -0.2) is 23.0 Å². The predicted octanol–water partition coefficient (Wildman–Crippen LogP) is 1.76. The van der Waals surface area contributed by atoms with Crippen molar-refractivity contribution in [3.8, 4) is 0 Å². The standard InChI is InChI=1S/C12H10F3NO3/c13-12(14,15)8-4-2-1-3-6(8)7-5-9(11(18)19)16-10(7)17/h1-4,7,9H,5H2,(H,16,17)(H,18,19). The smallest absolute Gasteiger partial charge is 0.416 e. The lowest BCUT2D eigenvalue weighted by Gasteiger charge is -2.15. The van der Waals surface area contributed by atoms with E-state index in [-0.39, 0.29) is 12.0 Å². The molecule has 2 rings (SSSR count). The highest BCUT2D eigenvalue weighted by molar-refractivity contribution is 5.92. The average molecular weight is 273 g/mol. The summed E-state index contributed by atoms with van der Waals surface area (Å²) in [6, 6.07) is 3.58. The van der Waals surface area contributed by atoms with Crippen LogP contribution in [-0.2, 0) is 15.8 Å². The van der Waals surface area contributed by atoms with Crippen molar-refractivity contribution in [3.63, 3.8) is 0 Å². The highest BCUT2D eigenvalue weighted by atomic mass is 19.4. The summed E-state index contributed by atoms with van der Waals surface area (Å²) in [4.78, 5) is 22.4. The lowest BCUT2D eigenvalue weighted by atomic mass is 9.91. The highest BCUT2D eigenvalue weighted by Crippen LogP contribution is 2.38. The number of nitrogens with one attached hydrogen (secondary N) is 1. The zero-order chi connectivity index (χ0) is 14.2. The van der Waals surface area contributed by atoms with Crippen LogP contribution in [0.2, 0.25) is 0 Å². The van der Waals surface area contributed by atoms with E-state index in [2.05, 4.69) is 5.32 Å². The van der Waals surface area contributed by atoms with Gasteiger partial charge in [-0.25, -0.2) is 4.79 Å². The fourth-order valence-electron chi connectivity index (χ4n) is 2.16. The van der Waals surface area contributed by atoms with Gasteiger partial charge in [-0.15, -0.1) is 0 Å². The maximum atomic E-state index is 12.8. The molecule has 1 aromatic carbocycles. The van der Waals surface area contributed by atoms with E-state index in [4.69, 9.17) is 5.11 Å². The number of halogens is 3. The summed E-state index contributed by atoms with van der Waals surface area (Å²) in [5, 5.41) is 11.0. The first-order valence-corrected chi connectivity index (χ1v) is 5.50. The molecule has 1 fully saturated rings. The van der Waals surface area contributed by atoms with Crippen molar-refractivity contribution in [1.29, 1.82) is 0 Å². The van der Waals surface area contributed by atoms with Gasteiger partial charge in [0.15, 0.2) is 0 Å². The molecule has 0 radical (unpaired) electrons. The maximum Gasteiger partial charge on any atom is 0.416 e. The van der Waals surface area contributed by atoms with Crippen LogP contribution >= 0.6 is 0 Å². The Labute approximate surface area is 106 Å². The monoisotopic (exact) mass is 273 g/mol. The molecular formula is C12H10F3NO3.